The van der Waals surface area contributed by atoms with Gasteiger partial charge in [-0.2, -0.15) is 5.10 Å². The minimum Gasteiger partial charge on any atom is -0.481 e. The van der Waals surface area contributed by atoms with Crippen LogP contribution in [0, 0.1) is 19.3 Å². The quantitative estimate of drug-likeness (QED) is 0.860. The van der Waals surface area contributed by atoms with E-state index in [1.54, 1.807) is 11.7 Å². The summed E-state index contributed by atoms with van der Waals surface area (Å²) < 4.78 is 3.65. The first kappa shape index (κ1) is 18.2. The Balaban J connectivity index is 1.84. The molecule has 2 aromatic rings. The third kappa shape index (κ3) is 3.13. The lowest BCUT2D eigenvalue weighted by Gasteiger charge is -2.33. The molecule has 0 radical (unpaired) electrons. The van der Waals surface area contributed by atoms with Crippen LogP contribution in [0.2, 0.25) is 0 Å². The fourth-order valence-electron chi connectivity index (χ4n) is 3.90. The number of aromatic nitrogens is 3. The van der Waals surface area contributed by atoms with Crippen molar-refractivity contribution in [3.8, 4) is 5.82 Å². The molecule has 1 aliphatic rings. The Morgan fingerprint density at radius 2 is 1.81 bits per heavy atom. The van der Waals surface area contributed by atoms with Crippen LogP contribution in [-0.4, -0.2) is 37.9 Å². The summed E-state index contributed by atoms with van der Waals surface area (Å²) in [5, 5.41) is 16.8. The zero-order valence-electron chi connectivity index (χ0n) is 15.6. The Kier molecular flexibility index (Phi) is 4.89. The van der Waals surface area contributed by atoms with E-state index < -0.39 is 11.4 Å². The highest BCUT2D eigenvalue weighted by molar-refractivity contribution is 5.97. The maximum absolute atomic E-state index is 12.8. The summed E-state index contributed by atoms with van der Waals surface area (Å²) >= 11 is 0. The zero-order valence-corrected chi connectivity index (χ0v) is 15.6. The average molecular weight is 358 g/mol. The molecule has 0 bridgehead atoms. The predicted molar refractivity (Wildman–Crippen MR) is 97.5 cm³/mol. The van der Waals surface area contributed by atoms with Gasteiger partial charge in [-0.1, -0.05) is 19.3 Å². The normalized spacial score (nSPS) is 16.4. The molecular weight excluding hydrogens is 332 g/mol. The van der Waals surface area contributed by atoms with Crippen LogP contribution >= 0.6 is 0 Å². The molecule has 1 aliphatic carbocycles. The van der Waals surface area contributed by atoms with Gasteiger partial charge in [0.1, 0.15) is 11.4 Å². The van der Waals surface area contributed by atoms with Gasteiger partial charge in [0.05, 0.1) is 11.6 Å². The van der Waals surface area contributed by atoms with Crippen molar-refractivity contribution < 1.29 is 14.7 Å². The second-order valence-electron chi connectivity index (χ2n) is 7.29. The highest BCUT2D eigenvalue weighted by atomic mass is 16.4. The Hall–Kier alpha value is -2.57. The number of aliphatic carboxylic acids is 1. The Labute approximate surface area is 153 Å². The van der Waals surface area contributed by atoms with E-state index in [4.69, 9.17) is 0 Å². The number of carboxylic acids is 1. The number of nitrogens with zero attached hydrogens (tertiary/aromatic N) is 3. The monoisotopic (exact) mass is 358 g/mol. The molecule has 1 saturated carbocycles. The van der Waals surface area contributed by atoms with E-state index in [2.05, 4.69) is 10.4 Å². The molecule has 0 spiro atoms. The number of carboxylic acid groups (broad SMARTS) is 1. The van der Waals surface area contributed by atoms with Gasteiger partial charge in [0.15, 0.2) is 0 Å². The number of hydrogen-bond donors (Lipinski definition) is 2. The standard InChI is InChI=1S/C19H26N4O3/c1-13-7-8-14(2)23(13)17-15(11-21-22(17)3)16(24)20-12-19(18(25)26)9-5-4-6-10-19/h7-8,11H,4-6,9-10,12H2,1-3H3,(H,20,24)(H,25,26). The van der Waals surface area contributed by atoms with Crippen molar-refractivity contribution in [1.82, 2.24) is 19.7 Å². The van der Waals surface area contributed by atoms with Crippen LogP contribution in [0.4, 0.5) is 0 Å². The average Bonchev–Trinajstić information content (AvgIpc) is 3.15. The second-order valence-corrected chi connectivity index (χ2v) is 7.29. The molecule has 2 heterocycles. The van der Waals surface area contributed by atoms with Crippen molar-refractivity contribution in [3.05, 3.63) is 35.3 Å². The number of hydrogen-bond acceptors (Lipinski definition) is 3. The molecule has 0 atom stereocenters. The van der Waals surface area contributed by atoms with E-state index in [1.807, 2.05) is 30.5 Å². The van der Waals surface area contributed by atoms with E-state index in [9.17, 15) is 14.7 Å². The van der Waals surface area contributed by atoms with E-state index >= 15 is 0 Å². The fourth-order valence-corrected chi connectivity index (χ4v) is 3.90. The molecule has 140 valence electrons. The number of amides is 1. The maximum Gasteiger partial charge on any atom is 0.311 e. The van der Waals surface area contributed by atoms with E-state index in [0.29, 0.717) is 24.2 Å². The number of carbonyl (C=O) groups is 2. The summed E-state index contributed by atoms with van der Waals surface area (Å²) in [6.07, 6.45) is 5.60. The minimum absolute atomic E-state index is 0.152. The summed E-state index contributed by atoms with van der Waals surface area (Å²) in [4.78, 5) is 24.6. The third-order valence-corrected chi connectivity index (χ3v) is 5.49. The molecule has 26 heavy (non-hydrogen) atoms. The van der Waals surface area contributed by atoms with Crippen LogP contribution < -0.4 is 5.32 Å². The highest BCUT2D eigenvalue weighted by Gasteiger charge is 2.40. The van der Waals surface area contributed by atoms with Gasteiger partial charge >= 0.3 is 5.97 Å². The molecule has 7 nitrogen and oxygen atoms in total. The van der Waals surface area contributed by atoms with Crippen LogP contribution in [0.15, 0.2) is 18.3 Å². The molecule has 0 aliphatic heterocycles. The molecule has 1 amide bonds. The van der Waals surface area contributed by atoms with Crippen LogP contribution in [0.1, 0.15) is 53.8 Å². The molecule has 7 heteroatoms. The van der Waals surface area contributed by atoms with Crippen molar-refractivity contribution in [1.29, 1.82) is 0 Å². The van der Waals surface area contributed by atoms with Crippen LogP contribution in [0.5, 0.6) is 0 Å². The van der Waals surface area contributed by atoms with Crippen molar-refractivity contribution >= 4 is 11.9 Å². The van der Waals surface area contributed by atoms with Gasteiger partial charge in [-0.15, -0.1) is 0 Å². The molecule has 2 N–H and O–H groups in total. The molecule has 0 unspecified atom stereocenters. The first-order chi connectivity index (χ1) is 12.4. The number of nitrogens with one attached hydrogen (secondary N) is 1. The Morgan fingerprint density at radius 3 is 2.38 bits per heavy atom. The van der Waals surface area contributed by atoms with Gasteiger partial charge in [-0.3, -0.25) is 14.3 Å². The third-order valence-electron chi connectivity index (χ3n) is 5.49. The second kappa shape index (κ2) is 6.97. The van der Waals surface area contributed by atoms with Crippen molar-refractivity contribution in [3.63, 3.8) is 0 Å². The van der Waals surface area contributed by atoms with Gasteiger partial charge in [-0.25, -0.2) is 0 Å². The fraction of sp³-hybridized carbons (Fsp3) is 0.526. The summed E-state index contributed by atoms with van der Waals surface area (Å²) in [6.45, 7) is 4.10. The molecule has 0 aromatic carbocycles. The number of carbonyl (C=O) groups excluding carboxylic acids is 1. The SMILES string of the molecule is Cc1ccc(C)n1-c1c(C(=O)NCC2(C(=O)O)CCCCC2)cnn1C. The lowest BCUT2D eigenvalue weighted by molar-refractivity contribution is -0.150. The molecule has 0 saturated heterocycles. The molecule has 3 rings (SSSR count). The first-order valence-corrected chi connectivity index (χ1v) is 9.05. The summed E-state index contributed by atoms with van der Waals surface area (Å²) in [6, 6.07) is 3.98. The van der Waals surface area contributed by atoms with E-state index in [0.717, 1.165) is 30.7 Å². The predicted octanol–water partition coefficient (Wildman–Crippen LogP) is 2.59. The van der Waals surface area contributed by atoms with E-state index in [1.165, 1.54) is 6.20 Å². The minimum atomic E-state index is -0.852. The van der Waals surface area contributed by atoms with Gasteiger partial charge in [0.2, 0.25) is 0 Å². The Bertz CT molecular complexity index is 808. The topological polar surface area (TPSA) is 89.2 Å². The number of rotatable bonds is 5. The first-order valence-electron chi connectivity index (χ1n) is 9.05. The summed E-state index contributed by atoms with van der Waals surface area (Å²) in [7, 11) is 1.80. The maximum atomic E-state index is 12.8. The molecular formula is C19H26N4O3. The summed E-state index contributed by atoms with van der Waals surface area (Å²) in [5.41, 5.74) is 1.62. The van der Waals surface area contributed by atoms with Crippen molar-refractivity contribution in [2.45, 2.75) is 46.0 Å². The largest absolute Gasteiger partial charge is 0.481 e. The lowest BCUT2D eigenvalue weighted by Crippen LogP contribution is -2.44. The summed E-state index contributed by atoms with van der Waals surface area (Å²) in [5.74, 6) is -0.414. The zero-order chi connectivity index (χ0) is 18.9. The highest BCUT2D eigenvalue weighted by Crippen LogP contribution is 2.36. The van der Waals surface area contributed by atoms with Gasteiger partial charge in [-0.05, 0) is 38.8 Å². The van der Waals surface area contributed by atoms with Gasteiger partial charge in [0, 0.05) is 25.0 Å². The smallest absolute Gasteiger partial charge is 0.311 e. The van der Waals surface area contributed by atoms with Crippen molar-refractivity contribution in [2.24, 2.45) is 12.5 Å². The van der Waals surface area contributed by atoms with Gasteiger partial charge in [0.25, 0.3) is 5.91 Å². The van der Waals surface area contributed by atoms with Crippen LogP contribution in [0.25, 0.3) is 5.82 Å². The van der Waals surface area contributed by atoms with Crippen LogP contribution in [-0.2, 0) is 11.8 Å². The van der Waals surface area contributed by atoms with E-state index in [-0.39, 0.29) is 12.5 Å². The van der Waals surface area contributed by atoms with Gasteiger partial charge < -0.3 is 15.0 Å². The van der Waals surface area contributed by atoms with Crippen LogP contribution in [0.3, 0.4) is 0 Å². The van der Waals surface area contributed by atoms with Crippen molar-refractivity contribution in [2.75, 3.05) is 6.54 Å². The Morgan fingerprint density at radius 1 is 1.19 bits per heavy atom. The lowest BCUT2D eigenvalue weighted by atomic mass is 9.74. The molecule has 1 fully saturated rings. The number of aryl methyl sites for hydroxylation is 3. The molecule has 2 aromatic heterocycles.